The molecule has 0 aliphatic carbocycles. The average Bonchev–Trinajstić information content (AvgIpc) is 2.87. The van der Waals surface area contributed by atoms with E-state index in [0.29, 0.717) is 34.2 Å². The molecule has 0 heterocycles. The Bertz CT molecular complexity index is 1240. The molecule has 1 N–H and O–H groups in total. The van der Waals surface area contributed by atoms with Crippen LogP contribution in [0.5, 0.6) is 11.5 Å². The van der Waals surface area contributed by atoms with Gasteiger partial charge in [0, 0.05) is 18.7 Å². The van der Waals surface area contributed by atoms with Gasteiger partial charge in [0.05, 0.1) is 36.2 Å². The molecule has 9 nitrogen and oxygen atoms in total. The first-order valence-electron chi connectivity index (χ1n) is 12.1. The zero-order valence-electron chi connectivity index (χ0n) is 22.5. The van der Waals surface area contributed by atoms with Crippen molar-refractivity contribution >= 4 is 50.7 Å². The Kier molecular flexibility index (Phi) is 11.5. The minimum absolute atomic E-state index is 0.0134. The number of carbonyl (C=O) groups excluding carboxylic acids is 2. The Morgan fingerprint density at radius 1 is 1.00 bits per heavy atom. The summed E-state index contributed by atoms with van der Waals surface area (Å²) in [5.74, 6) is -0.242. The second-order valence-corrected chi connectivity index (χ2v) is 11.5. The normalized spacial score (nSPS) is 12.8. The van der Waals surface area contributed by atoms with Crippen molar-refractivity contribution in [2.45, 2.75) is 52.2 Å². The lowest BCUT2D eigenvalue weighted by Crippen LogP contribution is -2.53. The first kappa shape index (κ1) is 31.5. The Morgan fingerprint density at radius 2 is 1.68 bits per heavy atom. The molecule has 0 unspecified atom stereocenters. The molecule has 2 aromatic carbocycles. The van der Waals surface area contributed by atoms with Crippen LogP contribution in [-0.2, 0) is 26.2 Å². The zero-order valence-corrected chi connectivity index (χ0v) is 24.8. The first-order valence-corrected chi connectivity index (χ1v) is 14.7. The number of hydrogen-bond acceptors (Lipinski definition) is 6. The number of sulfonamides is 1. The highest BCUT2D eigenvalue weighted by atomic mass is 35.5. The Labute approximate surface area is 235 Å². The molecule has 0 radical (unpaired) electrons. The van der Waals surface area contributed by atoms with Crippen LogP contribution in [0.25, 0.3) is 0 Å². The van der Waals surface area contributed by atoms with Gasteiger partial charge in [0.15, 0.2) is 0 Å². The lowest BCUT2D eigenvalue weighted by Gasteiger charge is -2.33. The summed E-state index contributed by atoms with van der Waals surface area (Å²) in [4.78, 5) is 28.4. The summed E-state index contributed by atoms with van der Waals surface area (Å²) in [5.41, 5.74) is 0.797. The van der Waals surface area contributed by atoms with E-state index in [2.05, 4.69) is 5.32 Å². The molecule has 12 heteroatoms. The van der Waals surface area contributed by atoms with Crippen LogP contribution in [0.15, 0.2) is 36.4 Å². The van der Waals surface area contributed by atoms with Crippen LogP contribution in [0.3, 0.4) is 0 Å². The number of carbonyl (C=O) groups is 2. The Balaban J connectivity index is 2.53. The molecule has 2 amide bonds. The quantitative estimate of drug-likeness (QED) is 0.370. The molecule has 0 fully saturated rings. The van der Waals surface area contributed by atoms with Crippen molar-refractivity contribution in [3.63, 3.8) is 0 Å². The number of methoxy groups -OCH3 is 2. The van der Waals surface area contributed by atoms with Gasteiger partial charge >= 0.3 is 0 Å². The summed E-state index contributed by atoms with van der Waals surface area (Å²) in [6.45, 7) is 5.06. The summed E-state index contributed by atoms with van der Waals surface area (Å²) in [6, 6.07) is 8.57. The summed E-state index contributed by atoms with van der Waals surface area (Å²) < 4.78 is 37.3. The lowest BCUT2D eigenvalue weighted by atomic mass is 10.1. The fraction of sp³-hybridized carbons (Fsp3) is 0.462. The van der Waals surface area contributed by atoms with E-state index in [4.69, 9.17) is 32.7 Å². The topological polar surface area (TPSA) is 105 Å². The number of hydrogen-bond donors (Lipinski definition) is 1. The lowest BCUT2D eigenvalue weighted by molar-refractivity contribution is -0.140. The van der Waals surface area contributed by atoms with Crippen LogP contribution in [0.2, 0.25) is 10.0 Å². The third-order valence-corrected chi connectivity index (χ3v) is 7.92. The SMILES string of the molecule is CC[C@@H](C)NC(=O)[C@H](CC)N(Cc1ccc(Cl)c(Cl)c1)C(=O)CN(c1ccc(OC)cc1OC)S(C)(=O)=O. The van der Waals surface area contributed by atoms with E-state index in [-0.39, 0.29) is 29.9 Å². The van der Waals surface area contributed by atoms with E-state index < -0.39 is 28.5 Å². The summed E-state index contributed by atoms with van der Waals surface area (Å²) >= 11 is 12.3. The van der Waals surface area contributed by atoms with Crippen LogP contribution in [0.4, 0.5) is 5.69 Å². The number of rotatable bonds is 13. The molecule has 0 bridgehead atoms. The minimum Gasteiger partial charge on any atom is -0.497 e. The second-order valence-electron chi connectivity index (χ2n) is 8.82. The van der Waals surface area contributed by atoms with Gasteiger partial charge in [-0.05, 0) is 49.6 Å². The maximum atomic E-state index is 13.8. The van der Waals surface area contributed by atoms with Gasteiger partial charge in [-0.15, -0.1) is 0 Å². The van der Waals surface area contributed by atoms with E-state index in [1.807, 2.05) is 13.8 Å². The van der Waals surface area contributed by atoms with E-state index in [9.17, 15) is 18.0 Å². The molecule has 0 saturated carbocycles. The van der Waals surface area contributed by atoms with E-state index >= 15 is 0 Å². The molecule has 2 atom stereocenters. The molecule has 0 aliphatic rings. The maximum Gasteiger partial charge on any atom is 0.244 e. The molecule has 0 saturated heterocycles. The smallest absolute Gasteiger partial charge is 0.244 e. The largest absolute Gasteiger partial charge is 0.497 e. The highest BCUT2D eigenvalue weighted by Crippen LogP contribution is 2.34. The number of halogens is 2. The van der Waals surface area contributed by atoms with Crippen LogP contribution in [0, 0.1) is 0 Å². The number of ether oxygens (including phenoxy) is 2. The third-order valence-electron chi connectivity index (χ3n) is 6.06. The van der Waals surface area contributed by atoms with Gasteiger partial charge < -0.3 is 19.7 Å². The molecule has 2 aromatic rings. The van der Waals surface area contributed by atoms with E-state index in [1.54, 1.807) is 31.2 Å². The maximum absolute atomic E-state index is 13.8. The van der Waals surface area contributed by atoms with Crippen molar-refractivity contribution in [3.05, 3.63) is 52.0 Å². The molecule has 38 heavy (non-hydrogen) atoms. The number of nitrogens with zero attached hydrogens (tertiary/aromatic N) is 2. The molecular weight excluding hydrogens is 553 g/mol. The molecule has 0 aromatic heterocycles. The summed E-state index contributed by atoms with van der Waals surface area (Å²) in [7, 11) is -1.07. The van der Waals surface area contributed by atoms with Gasteiger partial charge in [0.2, 0.25) is 21.8 Å². The minimum atomic E-state index is -3.93. The van der Waals surface area contributed by atoms with Crippen molar-refractivity contribution < 1.29 is 27.5 Å². The molecule has 0 aliphatic heterocycles. The predicted octanol–water partition coefficient (Wildman–Crippen LogP) is 4.50. The fourth-order valence-corrected chi connectivity index (χ4v) is 4.95. The number of nitrogens with one attached hydrogen (secondary N) is 1. The zero-order chi connectivity index (χ0) is 28.6. The molecule has 0 spiro atoms. The van der Waals surface area contributed by atoms with Crippen LogP contribution >= 0.6 is 23.2 Å². The highest BCUT2D eigenvalue weighted by molar-refractivity contribution is 7.92. The van der Waals surface area contributed by atoms with Crippen LogP contribution in [-0.4, -0.2) is 64.2 Å². The summed E-state index contributed by atoms with van der Waals surface area (Å²) in [6.07, 6.45) is 2.02. The molecule has 210 valence electrons. The van der Waals surface area contributed by atoms with E-state index in [1.165, 1.54) is 31.3 Å². The fourth-order valence-electron chi connectivity index (χ4n) is 3.78. The van der Waals surface area contributed by atoms with Gasteiger partial charge in [-0.1, -0.05) is 43.1 Å². The van der Waals surface area contributed by atoms with Gasteiger partial charge in [0.1, 0.15) is 24.1 Å². The van der Waals surface area contributed by atoms with Gasteiger partial charge in [-0.2, -0.15) is 0 Å². The Morgan fingerprint density at radius 3 is 2.21 bits per heavy atom. The molecular formula is C26H35Cl2N3O6S. The monoisotopic (exact) mass is 587 g/mol. The standard InChI is InChI=1S/C26H35Cl2N3O6S/c1-7-17(3)29-26(33)22(8-2)30(15-18-9-11-20(27)21(28)13-18)25(32)16-31(38(6,34)35)23-12-10-19(36-4)14-24(23)37-5/h9-14,17,22H,7-8,15-16H2,1-6H3,(H,29,33)/t17-,22+/m1/s1. The van der Waals surface area contributed by atoms with Gasteiger partial charge in [-0.25, -0.2) is 8.42 Å². The number of amides is 2. The second kappa shape index (κ2) is 13.9. The average molecular weight is 589 g/mol. The molecule has 2 rings (SSSR count). The van der Waals surface area contributed by atoms with Crippen molar-refractivity contribution in [3.8, 4) is 11.5 Å². The van der Waals surface area contributed by atoms with Crippen LogP contribution < -0.4 is 19.1 Å². The highest BCUT2D eigenvalue weighted by Gasteiger charge is 2.33. The van der Waals surface area contributed by atoms with E-state index in [0.717, 1.165) is 10.6 Å². The van der Waals surface area contributed by atoms with Gasteiger partial charge in [-0.3, -0.25) is 13.9 Å². The Hall–Kier alpha value is -2.69. The number of anilines is 1. The van der Waals surface area contributed by atoms with Crippen molar-refractivity contribution in [2.75, 3.05) is 31.3 Å². The van der Waals surface area contributed by atoms with Crippen molar-refractivity contribution in [1.29, 1.82) is 0 Å². The first-order chi connectivity index (χ1) is 17.9. The number of benzene rings is 2. The van der Waals surface area contributed by atoms with Gasteiger partial charge in [0.25, 0.3) is 0 Å². The van der Waals surface area contributed by atoms with Crippen LogP contribution in [0.1, 0.15) is 39.2 Å². The van der Waals surface area contributed by atoms with Crippen molar-refractivity contribution in [2.24, 2.45) is 0 Å². The third kappa shape index (κ3) is 8.15. The summed E-state index contributed by atoms with van der Waals surface area (Å²) in [5, 5.41) is 3.57. The van der Waals surface area contributed by atoms with Crippen molar-refractivity contribution in [1.82, 2.24) is 10.2 Å². The predicted molar refractivity (Wildman–Crippen MR) is 151 cm³/mol.